The summed E-state index contributed by atoms with van der Waals surface area (Å²) in [6.45, 7) is 0.372. The lowest BCUT2D eigenvalue weighted by atomic mass is 10.1. The molecule has 1 heterocycles. The molecule has 0 bridgehead atoms. The Morgan fingerprint density at radius 2 is 2.04 bits per heavy atom. The second-order valence-electron chi connectivity index (χ2n) is 4.57. The number of aromatic nitrogens is 1. The van der Waals surface area contributed by atoms with Crippen LogP contribution in [-0.2, 0) is 11.3 Å². The van der Waals surface area contributed by atoms with Crippen molar-refractivity contribution in [3.8, 4) is 0 Å². The number of nitrogens with zero attached hydrogens (tertiary/aromatic N) is 1. The van der Waals surface area contributed by atoms with Crippen molar-refractivity contribution < 1.29 is 18.7 Å². The minimum Gasteiger partial charge on any atom is -0.445 e. The summed E-state index contributed by atoms with van der Waals surface area (Å²) in [5.41, 5.74) is 1.17. The van der Waals surface area contributed by atoms with Gasteiger partial charge >= 0.3 is 6.09 Å². The first-order valence-electron chi connectivity index (χ1n) is 6.91. The molecule has 118 valence electrons. The third-order valence-corrected chi connectivity index (χ3v) is 2.97. The number of carbonyl (C=O) groups excluding carboxylic acids is 2. The maximum Gasteiger partial charge on any atom is 0.407 e. The summed E-state index contributed by atoms with van der Waals surface area (Å²) in [5, 5.41) is 2.53. The topological polar surface area (TPSA) is 68.3 Å². The van der Waals surface area contributed by atoms with Gasteiger partial charge in [0.2, 0.25) is 5.95 Å². The Kier molecular flexibility index (Phi) is 5.99. The third-order valence-electron chi connectivity index (χ3n) is 2.97. The SMILES string of the molecule is O=Cc1c(C=CCNC(=O)OCc2ccccc2)ccnc1F. The Hall–Kier alpha value is -3.02. The van der Waals surface area contributed by atoms with Crippen LogP contribution >= 0.6 is 0 Å². The van der Waals surface area contributed by atoms with E-state index in [9.17, 15) is 14.0 Å². The van der Waals surface area contributed by atoms with Crippen molar-refractivity contribution in [2.75, 3.05) is 6.54 Å². The highest BCUT2D eigenvalue weighted by atomic mass is 19.1. The van der Waals surface area contributed by atoms with Gasteiger partial charge in [0.05, 0.1) is 5.56 Å². The molecule has 2 rings (SSSR count). The van der Waals surface area contributed by atoms with E-state index in [0.717, 1.165) is 5.56 Å². The zero-order chi connectivity index (χ0) is 16.5. The molecule has 0 aliphatic rings. The van der Waals surface area contributed by atoms with Crippen LogP contribution < -0.4 is 5.32 Å². The molecule has 0 saturated heterocycles. The molecule has 2 aromatic rings. The Bertz CT molecular complexity index is 702. The number of carbonyl (C=O) groups is 2. The van der Waals surface area contributed by atoms with Crippen LogP contribution in [0.1, 0.15) is 21.5 Å². The van der Waals surface area contributed by atoms with Gasteiger partial charge in [0.1, 0.15) is 6.61 Å². The summed E-state index contributed by atoms with van der Waals surface area (Å²) in [5.74, 6) is -0.822. The van der Waals surface area contributed by atoms with Crippen molar-refractivity contribution >= 4 is 18.5 Å². The molecular weight excluding hydrogens is 299 g/mol. The summed E-state index contributed by atoms with van der Waals surface area (Å²) >= 11 is 0. The molecule has 6 heteroatoms. The Morgan fingerprint density at radius 1 is 1.26 bits per heavy atom. The standard InChI is InChI=1S/C17H15FN2O3/c18-16-15(11-21)14(8-10-19-16)7-4-9-20-17(22)23-12-13-5-2-1-3-6-13/h1-8,10-11H,9,12H2,(H,20,22). The van der Waals surface area contributed by atoms with Gasteiger partial charge in [0, 0.05) is 12.7 Å². The molecule has 1 N–H and O–H groups in total. The number of aldehydes is 1. The van der Waals surface area contributed by atoms with Gasteiger partial charge in [-0.1, -0.05) is 42.5 Å². The first-order valence-corrected chi connectivity index (χ1v) is 6.91. The van der Waals surface area contributed by atoms with E-state index in [2.05, 4.69) is 10.3 Å². The highest BCUT2D eigenvalue weighted by Crippen LogP contribution is 2.10. The summed E-state index contributed by atoms with van der Waals surface area (Å²) in [6, 6.07) is 10.8. The lowest BCUT2D eigenvalue weighted by Gasteiger charge is -2.05. The van der Waals surface area contributed by atoms with E-state index in [4.69, 9.17) is 4.74 Å². The zero-order valence-electron chi connectivity index (χ0n) is 12.2. The van der Waals surface area contributed by atoms with E-state index in [1.54, 1.807) is 6.08 Å². The smallest absolute Gasteiger partial charge is 0.407 e. The van der Waals surface area contributed by atoms with Crippen molar-refractivity contribution in [1.29, 1.82) is 0 Å². The summed E-state index contributed by atoms with van der Waals surface area (Å²) in [4.78, 5) is 25.7. The molecule has 0 fully saturated rings. The van der Waals surface area contributed by atoms with Crippen LogP contribution in [0.25, 0.3) is 6.08 Å². The van der Waals surface area contributed by atoms with Gasteiger partial charge < -0.3 is 10.1 Å². The van der Waals surface area contributed by atoms with Crippen LogP contribution in [0.5, 0.6) is 0 Å². The monoisotopic (exact) mass is 314 g/mol. The van der Waals surface area contributed by atoms with E-state index in [1.165, 1.54) is 18.3 Å². The number of amides is 1. The normalized spacial score (nSPS) is 10.5. The first-order chi connectivity index (χ1) is 11.2. The fourth-order valence-electron chi connectivity index (χ4n) is 1.83. The average molecular weight is 314 g/mol. The fraction of sp³-hybridized carbons (Fsp3) is 0.118. The van der Waals surface area contributed by atoms with Crippen molar-refractivity contribution in [3.63, 3.8) is 0 Å². The number of pyridine rings is 1. The van der Waals surface area contributed by atoms with E-state index in [1.807, 2.05) is 30.3 Å². The highest BCUT2D eigenvalue weighted by Gasteiger charge is 2.06. The minimum absolute atomic E-state index is 0.115. The quantitative estimate of drug-likeness (QED) is 0.657. The Morgan fingerprint density at radius 3 is 2.78 bits per heavy atom. The molecule has 1 aromatic carbocycles. The van der Waals surface area contributed by atoms with Gasteiger partial charge in [-0.05, 0) is 17.2 Å². The summed E-state index contributed by atoms with van der Waals surface area (Å²) in [6.07, 6.45) is 4.24. The second kappa shape index (κ2) is 8.43. The maximum atomic E-state index is 13.3. The third kappa shape index (κ3) is 5.03. The van der Waals surface area contributed by atoms with Crippen LogP contribution in [0.15, 0.2) is 48.7 Å². The van der Waals surface area contributed by atoms with Crippen molar-refractivity contribution in [2.24, 2.45) is 0 Å². The van der Waals surface area contributed by atoms with Gasteiger partial charge in [0.25, 0.3) is 0 Å². The van der Waals surface area contributed by atoms with Crippen LogP contribution in [0.2, 0.25) is 0 Å². The number of hydrogen-bond donors (Lipinski definition) is 1. The van der Waals surface area contributed by atoms with E-state index < -0.39 is 12.0 Å². The molecule has 0 aliphatic carbocycles. The van der Waals surface area contributed by atoms with E-state index in [-0.39, 0.29) is 18.7 Å². The number of rotatable bonds is 6. The first kappa shape index (κ1) is 16.4. The van der Waals surface area contributed by atoms with Crippen LogP contribution in [0, 0.1) is 5.95 Å². The molecule has 23 heavy (non-hydrogen) atoms. The number of nitrogens with one attached hydrogen (secondary N) is 1. The maximum absolute atomic E-state index is 13.3. The van der Waals surface area contributed by atoms with Crippen molar-refractivity contribution in [1.82, 2.24) is 10.3 Å². The molecular formula is C17H15FN2O3. The van der Waals surface area contributed by atoms with Gasteiger partial charge in [-0.2, -0.15) is 4.39 Å². The fourth-order valence-corrected chi connectivity index (χ4v) is 1.83. The highest BCUT2D eigenvalue weighted by molar-refractivity contribution is 5.81. The van der Waals surface area contributed by atoms with Crippen LogP contribution in [0.4, 0.5) is 9.18 Å². The van der Waals surface area contributed by atoms with E-state index in [0.29, 0.717) is 11.8 Å². The predicted molar refractivity (Wildman–Crippen MR) is 83.2 cm³/mol. The summed E-state index contributed by atoms with van der Waals surface area (Å²) in [7, 11) is 0. The van der Waals surface area contributed by atoms with Crippen molar-refractivity contribution in [3.05, 3.63) is 71.3 Å². The molecule has 0 spiro atoms. The Balaban J connectivity index is 1.79. The van der Waals surface area contributed by atoms with Gasteiger partial charge in [-0.3, -0.25) is 4.79 Å². The minimum atomic E-state index is -0.822. The number of benzene rings is 1. The predicted octanol–water partition coefficient (Wildman–Crippen LogP) is 2.97. The molecule has 0 aliphatic heterocycles. The molecule has 1 aromatic heterocycles. The van der Waals surface area contributed by atoms with Crippen LogP contribution in [-0.4, -0.2) is 23.9 Å². The van der Waals surface area contributed by atoms with Gasteiger partial charge in [0.15, 0.2) is 6.29 Å². The molecule has 0 saturated carbocycles. The largest absolute Gasteiger partial charge is 0.445 e. The zero-order valence-corrected chi connectivity index (χ0v) is 12.2. The lowest BCUT2D eigenvalue weighted by molar-refractivity contribution is 0.111. The number of halogens is 1. The average Bonchev–Trinajstić information content (AvgIpc) is 2.58. The van der Waals surface area contributed by atoms with Gasteiger partial charge in [-0.15, -0.1) is 0 Å². The molecule has 5 nitrogen and oxygen atoms in total. The second-order valence-corrected chi connectivity index (χ2v) is 4.57. The number of ether oxygens (including phenoxy) is 1. The molecule has 1 amide bonds. The molecule has 0 radical (unpaired) electrons. The van der Waals surface area contributed by atoms with Gasteiger partial charge in [-0.25, -0.2) is 9.78 Å². The molecule has 0 unspecified atom stereocenters. The molecule has 0 atom stereocenters. The van der Waals surface area contributed by atoms with Crippen molar-refractivity contribution in [2.45, 2.75) is 6.61 Å². The van der Waals surface area contributed by atoms with E-state index >= 15 is 0 Å². The number of alkyl carbamates (subject to hydrolysis) is 1. The Labute approximate surface area is 132 Å². The summed E-state index contributed by atoms with van der Waals surface area (Å²) < 4.78 is 18.3. The van der Waals surface area contributed by atoms with Crippen LogP contribution in [0.3, 0.4) is 0 Å². The number of hydrogen-bond acceptors (Lipinski definition) is 4. The lowest BCUT2D eigenvalue weighted by Crippen LogP contribution is -2.24.